The summed E-state index contributed by atoms with van der Waals surface area (Å²) in [4.78, 5) is 2.51. The lowest BCUT2D eigenvalue weighted by Gasteiger charge is -2.26. The van der Waals surface area contributed by atoms with Crippen molar-refractivity contribution >= 4 is 5.69 Å². The molecule has 0 aliphatic carbocycles. The lowest BCUT2D eigenvalue weighted by Crippen LogP contribution is -2.31. The van der Waals surface area contributed by atoms with E-state index in [0.717, 1.165) is 13.1 Å². The third-order valence-electron chi connectivity index (χ3n) is 3.96. The molecule has 0 aromatic heterocycles. The Morgan fingerprint density at radius 1 is 1.24 bits per heavy atom. The SMILES string of the molecule is Cc1ccc(N2CCCCC(CN)C2)cc1C. The van der Waals surface area contributed by atoms with Gasteiger partial charge in [0.05, 0.1) is 0 Å². The smallest absolute Gasteiger partial charge is 0.0369 e. The first-order valence-electron chi connectivity index (χ1n) is 6.73. The van der Waals surface area contributed by atoms with Crippen molar-refractivity contribution < 1.29 is 0 Å². The molecule has 2 nitrogen and oxygen atoms in total. The average Bonchev–Trinajstić information content (AvgIpc) is 2.58. The van der Waals surface area contributed by atoms with E-state index in [1.807, 2.05) is 0 Å². The van der Waals surface area contributed by atoms with Gasteiger partial charge in [0.25, 0.3) is 0 Å². The largest absolute Gasteiger partial charge is 0.371 e. The van der Waals surface area contributed by atoms with E-state index < -0.39 is 0 Å². The Hall–Kier alpha value is -1.02. The molecule has 17 heavy (non-hydrogen) atoms. The highest BCUT2D eigenvalue weighted by Gasteiger charge is 2.17. The average molecular weight is 232 g/mol. The van der Waals surface area contributed by atoms with E-state index in [9.17, 15) is 0 Å². The fourth-order valence-corrected chi connectivity index (χ4v) is 2.58. The van der Waals surface area contributed by atoms with Crippen molar-refractivity contribution in [1.29, 1.82) is 0 Å². The van der Waals surface area contributed by atoms with Crippen molar-refractivity contribution in [3.05, 3.63) is 29.3 Å². The Morgan fingerprint density at radius 2 is 2.06 bits per heavy atom. The minimum absolute atomic E-state index is 0.666. The number of nitrogens with two attached hydrogens (primary N) is 1. The molecule has 0 bridgehead atoms. The van der Waals surface area contributed by atoms with Crippen LogP contribution in [-0.4, -0.2) is 19.6 Å². The summed E-state index contributed by atoms with van der Waals surface area (Å²) in [6.45, 7) is 7.49. The van der Waals surface area contributed by atoms with Crippen LogP contribution >= 0.6 is 0 Å². The zero-order valence-electron chi connectivity index (χ0n) is 11.1. The molecule has 1 aromatic carbocycles. The van der Waals surface area contributed by atoms with Crippen molar-refractivity contribution in [1.82, 2.24) is 0 Å². The molecule has 1 aliphatic heterocycles. The third-order valence-corrected chi connectivity index (χ3v) is 3.96. The van der Waals surface area contributed by atoms with Gasteiger partial charge in [-0.05, 0) is 62.4 Å². The normalized spacial score (nSPS) is 21.4. The van der Waals surface area contributed by atoms with Crippen molar-refractivity contribution in [2.24, 2.45) is 11.7 Å². The van der Waals surface area contributed by atoms with E-state index in [4.69, 9.17) is 5.73 Å². The second-order valence-corrected chi connectivity index (χ2v) is 5.31. The van der Waals surface area contributed by atoms with Crippen molar-refractivity contribution in [2.75, 3.05) is 24.5 Å². The van der Waals surface area contributed by atoms with Crippen LogP contribution in [0.4, 0.5) is 5.69 Å². The zero-order valence-corrected chi connectivity index (χ0v) is 11.1. The van der Waals surface area contributed by atoms with E-state index in [0.29, 0.717) is 5.92 Å². The molecule has 0 radical (unpaired) electrons. The number of anilines is 1. The van der Waals surface area contributed by atoms with Crippen molar-refractivity contribution in [3.8, 4) is 0 Å². The van der Waals surface area contributed by atoms with Crippen LogP contribution in [0.5, 0.6) is 0 Å². The van der Waals surface area contributed by atoms with E-state index in [1.165, 1.54) is 42.6 Å². The van der Waals surface area contributed by atoms with Gasteiger partial charge in [0.1, 0.15) is 0 Å². The lowest BCUT2D eigenvalue weighted by atomic mass is 10.0. The Morgan fingerprint density at radius 3 is 2.76 bits per heavy atom. The molecule has 0 saturated carbocycles. The summed E-state index contributed by atoms with van der Waals surface area (Å²) in [6, 6.07) is 6.79. The molecule has 2 heteroatoms. The second kappa shape index (κ2) is 5.54. The summed E-state index contributed by atoms with van der Waals surface area (Å²) in [5.41, 5.74) is 9.97. The van der Waals surface area contributed by atoms with Gasteiger partial charge >= 0.3 is 0 Å². The second-order valence-electron chi connectivity index (χ2n) is 5.31. The Kier molecular flexibility index (Phi) is 4.06. The van der Waals surface area contributed by atoms with Gasteiger partial charge in [-0.3, -0.25) is 0 Å². The van der Waals surface area contributed by atoms with Crippen molar-refractivity contribution in [2.45, 2.75) is 33.1 Å². The van der Waals surface area contributed by atoms with Crippen LogP contribution in [-0.2, 0) is 0 Å². The van der Waals surface area contributed by atoms with E-state index >= 15 is 0 Å². The van der Waals surface area contributed by atoms with Gasteiger partial charge in [0.2, 0.25) is 0 Å². The molecule has 0 amide bonds. The number of benzene rings is 1. The maximum Gasteiger partial charge on any atom is 0.0369 e. The van der Waals surface area contributed by atoms with Gasteiger partial charge in [-0.15, -0.1) is 0 Å². The summed E-state index contributed by atoms with van der Waals surface area (Å²) >= 11 is 0. The zero-order chi connectivity index (χ0) is 12.3. The van der Waals surface area contributed by atoms with Crippen LogP contribution in [0.15, 0.2) is 18.2 Å². The maximum atomic E-state index is 5.84. The molecule has 1 unspecified atom stereocenters. The van der Waals surface area contributed by atoms with Crippen LogP contribution in [0.2, 0.25) is 0 Å². The molecule has 0 spiro atoms. The molecule has 1 aliphatic rings. The Balaban J connectivity index is 2.16. The van der Waals surface area contributed by atoms with Gasteiger partial charge in [0, 0.05) is 18.8 Å². The lowest BCUT2D eigenvalue weighted by molar-refractivity contribution is 0.508. The predicted molar refractivity (Wildman–Crippen MR) is 74.5 cm³/mol. The maximum absolute atomic E-state index is 5.84. The molecule has 94 valence electrons. The van der Waals surface area contributed by atoms with E-state index in [-0.39, 0.29) is 0 Å². The third kappa shape index (κ3) is 3.01. The summed E-state index contributed by atoms with van der Waals surface area (Å²) in [5.74, 6) is 0.666. The number of hydrogen-bond acceptors (Lipinski definition) is 2. The molecule has 1 fully saturated rings. The minimum atomic E-state index is 0.666. The highest BCUT2D eigenvalue weighted by atomic mass is 15.1. The topological polar surface area (TPSA) is 29.3 Å². The Labute approximate surface area is 105 Å². The van der Waals surface area contributed by atoms with E-state index in [2.05, 4.69) is 36.9 Å². The molecule has 1 saturated heterocycles. The van der Waals surface area contributed by atoms with Crippen LogP contribution in [0.3, 0.4) is 0 Å². The fourth-order valence-electron chi connectivity index (χ4n) is 2.58. The van der Waals surface area contributed by atoms with Gasteiger partial charge in [-0.1, -0.05) is 12.5 Å². The number of nitrogens with zero attached hydrogens (tertiary/aromatic N) is 1. The van der Waals surface area contributed by atoms with Gasteiger partial charge in [-0.2, -0.15) is 0 Å². The fraction of sp³-hybridized carbons (Fsp3) is 0.600. The first-order valence-corrected chi connectivity index (χ1v) is 6.73. The Bertz CT molecular complexity index is 373. The molecular weight excluding hydrogens is 208 g/mol. The van der Waals surface area contributed by atoms with Gasteiger partial charge < -0.3 is 10.6 Å². The van der Waals surface area contributed by atoms with Gasteiger partial charge in [-0.25, -0.2) is 0 Å². The molecular formula is C15H24N2. The summed E-state index contributed by atoms with van der Waals surface area (Å²) < 4.78 is 0. The van der Waals surface area contributed by atoms with Crippen LogP contribution in [0.1, 0.15) is 30.4 Å². The van der Waals surface area contributed by atoms with E-state index in [1.54, 1.807) is 0 Å². The highest BCUT2D eigenvalue weighted by molar-refractivity contribution is 5.50. The molecule has 1 aromatic rings. The number of aryl methyl sites for hydroxylation is 2. The molecule has 1 heterocycles. The van der Waals surface area contributed by atoms with Crippen LogP contribution < -0.4 is 10.6 Å². The number of hydrogen-bond donors (Lipinski definition) is 1. The summed E-state index contributed by atoms with van der Waals surface area (Å²) in [6.07, 6.45) is 3.91. The predicted octanol–water partition coefficient (Wildman–Crippen LogP) is 2.87. The molecule has 2 N–H and O–H groups in total. The minimum Gasteiger partial charge on any atom is -0.371 e. The first-order chi connectivity index (χ1) is 8.20. The van der Waals surface area contributed by atoms with Crippen LogP contribution in [0.25, 0.3) is 0 Å². The highest BCUT2D eigenvalue weighted by Crippen LogP contribution is 2.24. The molecule has 2 rings (SSSR count). The van der Waals surface area contributed by atoms with Gasteiger partial charge in [0.15, 0.2) is 0 Å². The standard InChI is InChI=1S/C15H24N2/c1-12-6-7-15(9-13(12)2)17-8-4-3-5-14(10-16)11-17/h6-7,9,14H,3-5,8,10-11,16H2,1-2H3. The first kappa shape index (κ1) is 12.4. The quantitative estimate of drug-likeness (QED) is 0.849. The summed E-state index contributed by atoms with van der Waals surface area (Å²) in [7, 11) is 0. The summed E-state index contributed by atoms with van der Waals surface area (Å²) in [5, 5.41) is 0. The monoisotopic (exact) mass is 232 g/mol. The van der Waals surface area contributed by atoms with Crippen LogP contribution in [0, 0.1) is 19.8 Å². The molecule has 1 atom stereocenters. The van der Waals surface area contributed by atoms with Crippen molar-refractivity contribution in [3.63, 3.8) is 0 Å². The number of rotatable bonds is 2.